The van der Waals surface area contributed by atoms with Crippen LogP contribution in [0.3, 0.4) is 0 Å². The van der Waals surface area contributed by atoms with Gasteiger partial charge in [0.2, 0.25) is 0 Å². The van der Waals surface area contributed by atoms with Gasteiger partial charge in [-0.25, -0.2) is 0 Å². The third kappa shape index (κ3) is 2.48. The van der Waals surface area contributed by atoms with Crippen molar-refractivity contribution in [3.63, 3.8) is 0 Å². The fourth-order valence-corrected chi connectivity index (χ4v) is 2.52. The van der Waals surface area contributed by atoms with Crippen LogP contribution >= 0.6 is 0 Å². The smallest absolute Gasteiger partial charge is 0.107 e. The van der Waals surface area contributed by atoms with Gasteiger partial charge in [0.25, 0.3) is 0 Å². The van der Waals surface area contributed by atoms with Crippen LogP contribution in [0.4, 0.5) is 0 Å². The predicted molar refractivity (Wildman–Crippen MR) is 58.8 cm³/mol. The maximum absolute atomic E-state index is 9.30. The SMILES string of the molecule is CC1CC(C#N)(NC(C)(C)C)CC1C. The van der Waals surface area contributed by atoms with E-state index in [0.717, 1.165) is 12.8 Å². The summed E-state index contributed by atoms with van der Waals surface area (Å²) in [5.41, 5.74) is -0.253. The zero-order chi connectivity index (χ0) is 11.0. The summed E-state index contributed by atoms with van der Waals surface area (Å²) < 4.78 is 0. The summed E-state index contributed by atoms with van der Waals surface area (Å²) >= 11 is 0. The molecule has 2 atom stereocenters. The average molecular weight is 194 g/mol. The van der Waals surface area contributed by atoms with Crippen LogP contribution in [0.25, 0.3) is 0 Å². The van der Waals surface area contributed by atoms with E-state index >= 15 is 0 Å². The fraction of sp³-hybridized carbons (Fsp3) is 0.917. The first-order valence-corrected chi connectivity index (χ1v) is 5.49. The predicted octanol–water partition coefficient (Wildman–Crippen LogP) is 2.70. The lowest BCUT2D eigenvalue weighted by Gasteiger charge is -2.32. The minimum atomic E-state index is -0.281. The highest BCUT2D eigenvalue weighted by Crippen LogP contribution is 2.39. The van der Waals surface area contributed by atoms with Crippen molar-refractivity contribution in [1.29, 1.82) is 5.26 Å². The fourth-order valence-electron chi connectivity index (χ4n) is 2.52. The zero-order valence-electron chi connectivity index (χ0n) is 10.0. The molecule has 1 saturated carbocycles. The maximum Gasteiger partial charge on any atom is 0.107 e. The lowest BCUT2D eigenvalue weighted by molar-refractivity contribution is 0.296. The van der Waals surface area contributed by atoms with Crippen LogP contribution in [0.5, 0.6) is 0 Å². The van der Waals surface area contributed by atoms with Gasteiger partial charge in [0.15, 0.2) is 0 Å². The number of nitrogens with one attached hydrogen (secondary N) is 1. The van der Waals surface area contributed by atoms with Gasteiger partial charge in [0, 0.05) is 5.54 Å². The van der Waals surface area contributed by atoms with Gasteiger partial charge in [-0.3, -0.25) is 5.32 Å². The zero-order valence-corrected chi connectivity index (χ0v) is 10.0. The van der Waals surface area contributed by atoms with Gasteiger partial charge in [-0.05, 0) is 45.4 Å². The Morgan fingerprint density at radius 3 is 1.93 bits per heavy atom. The molecule has 0 heterocycles. The highest BCUT2D eigenvalue weighted by atomic mass is 15.0. The molecule has 0 bridgehead atoms. The van der Waals surface area contributed by atoms with Crippen LogP contribution in [0, 0.1) is 23.2 Å². The Kier molecular flexibility index (Phi) is 2.92. The molecule has 1 fully saturated rings. The molecule has 1 N–H and O–H groups in total. The van der Waals surface area contributed by atoms with Gasteiger partial charge in [0.1, 0.15) is 5.54 Å². The molecule has 2 heteroatoms. The number of hydrogen-bond acceptors (Lipinski definition) is 2. The topological polar surface area (TPSA) is 35.8 Å². The van der Waals surface area contributed by atoms with E-state index in [2.05, 4.69) is 46.0 Å². The van der Waals surface area contributed by atoms with Crippen molar-refractivity contribution in [3.05, 3.63) is 0 Å². The first kappa shape index (κ1) is 11.5. The summed E-state index contributed by atoms with van der Waals surface area (Å²) in [6.45, 7) is 10.9. The molecule has 80 valence electrons. The number of nitriles is 1. The van der Waals surface area contributed by atoms with Crippen molar-refractivity contribution in [3.8, 4) is 6.07 Å². The van der Waals surface area contributed by atoms with Crippen molar-refractivity contribution >= 4 is 0 Å². The van der Waals surface area contributed by atoms with E-state index < -0.39 is 0 Å². The van der Waals surface area contributed by atoms with Crippen LogP contribution < -0.4 is 5.32 Å². The normalized spacial score (nSPS) is 38.3. The molecule has 1 rings (SSSR count). The third-order valence-electron chi connectivity index (χ3n) is 3.14. The Hall–Kier alpha value is -0.550. The first-order chi connectivity index (χ1) is 6.28. The van der Waals surface area contributed by atoms with E-state index in [0.29, 0.717) is 11.8 Å². The van der Waals surface area contributed by atoms with Crippen molar-refractivity contribution in [2.24, 2.45) is 11.8 Å². The van der Waals surface area contributed by atoms with E-state index in [-0.39, 0.29) is 11.1 Å². The Morgan fingerprint density at radius 2 is 1.64 bits per heavy atom. The second kappa shape index (κ2) is 3.55. The largest absolute Gasteiger partial charge is 0.295 e. The van der Waals surface area contributed by atoms with E-state index in [1.54, 1.807) is 0 Å². The molecule has 0 amide bonds. The molecule has 0 radical (unpaired) electrons. The first-order valence-electron chi connectivity index (χ1n) is 5.49. The van der Waals surface area contributed by atoms with Crippen LogP contribution in [-0.4, -0.2) is 11.1 Å². The van der Waals surface area contributed by atoms with Crippen molar-refractivity contribution < 1.29 is 0 Å². The van der Waals surface area contributed by atoms with E-state index in [1.165, 1.54) is 0 Å². The quantitative estimate of drug-likeness (QED) is 0.696. The Bertz CT molecular complexity index is 234. The molecular weight excluding hydrogens is 172 g/mol. The molecule has 14 heavy (non-hydrogen) atoms. The van der Waals surface area contributed by atoms with E-state index in [1.807, 2.05) is 0 Å². The molecule has 0 saturated heterocycles. The minimum Gasteiger partial charge on any atom is -0.295 e. The molecular formula is C12H22N2. The highest BCUT2D eigenvalue weighted by Gasteiger charge is 2.43. The van der Waals surface area contributed by atoms with Crippen molar-refractivity contribution in [2.45, 2.75) is 58.5 Å². The minimum absolute atomic E-state index is 0.0273. The lowest BCUT2D eigenvalue weighted by Crippen LogP contribution is -2.52. The van der Waals surface area contributed by atoms with E-state index in [4.69, 9.17) is 0 Å². The molecule has 0 spiro atoms. The lowest BCUT2D eigenvalue weighted by atomic mass is 9.93. The van der Waals surface area contributed by atoms with Crippen LogP contribution in [0.2, 0.25) is 0 Å². The summed E-state index contributed by atoms with van der Waals surface area (Å²) in [7, 11) is 0. The summed E-state index contributed by atoms with van der Waals surface area (Å²) in [6.07, 6.45) is 1.98. The number of hydrogen-bond donors (Lipinski definition) is 1. The second-order valence-corrected chi connectivity index (χ2v) is 5.93. The van der Waals surface area contributed by atoms with Crippen molar-refractivity contribution in [1.82, 2.24) is 5.32 Å². The molecule has 2 nitrogen and oxygen atoms in total. The molecule has 0 aromatic rings. The van der Waals surface area contributed by atoms with E-state index in [9.17, 15) is 5.26 Å². The highest BCUT2D eigenvalue weighted by molar-refractivity contribution is 5.14. The second-order valence-electron chi connectivity index (χ2n) is 5.93. The number of nitrogens with zero attached hydrogens (tertiary/aromatic N) is 1. The Morgan fingerprint density at radius 1 is 1.21 bits per heavy atom. The monoisotopic (exact) mass is 194 g/mol. The van der Waals surface area contributed by atoms with Gasteiger partial charge < -0.3 is 0 Å². The maximum atomic E-state index is 9.30. The van der Waals surface area contributed by atoms with Crippen molar-refractivity contribution in [2.75, 3.05) is 0 Å². The van der Waals surface area contributed by atoms with Gasteiger partial charge in [-0.2, -0.15) is 5.26 Å². The van der Waals surface area contributed by atoms with Gasteiger partial charge in [-0.15, -0.1) is 0 Å². The average Bonchev–Trinajstić information content (AvgIpc) is 2.25. The van der Waals surface area contributed by atoms with Gasteiger partial charge in [-0.1, -0.05) is 13.8 Å². The third-order valence-corrected chi connectivity index (χ3v) is 3.14. The summed E-state index contributed by atoms with van der Waals surface area (Å²) in [5.74, 6) is 1.31. The summed E-state index contributed by atoms with van der Waals surface area (Å²) in [4.78, 5) is 0. The molecule has 1 aliphatic rings. The summed E-state index contributed by atoms with van der Waals surface area (Å²) in [5, 5.41) is 12.8. The number of rotatable bonds is 1. The van der Waals surface area contributed by atoms with Gasteiger partial charge in [0.05, 0.1) is 6.07 Å². The standard InChI is InChI=1S/C12H22N2/c1-9-6-12(8-13,7-10(9)2)14-11(3,4)5/h9-10,14H,6-7H2,1-5H3. The molecule has 0 aliphatic heterocycles. The van der Waals surface area contributed by atoms with Crippen LogP contribution in [-0.2, 0) is 0 Å². The van der Waals surface area contributed by atoms with Crippen LogP contribution in [0.1, 0.15) is 47.5 Å². The molecule has 0 aromatic carbocycles. The Balaban J connectivity index is 2.77. The molecule has 0 aromatic heterocycles. The molecule has 2 unspecified atom stereocenters. The van der Waals surface area contributed by atoms with Crippen LogP contribution in [0.15, 0.2) is 0 Å². The molecule has 1 aliphatic carbocycles. The van der Waals surface area contributed by atoms with Gasteiger partial charge >= 0.3 is 0 Å². The summed E-state index contributed by atoms with van der Waals surface area (Å²) in [6, 6.07) is 2.48. The Labute approximate surface area is 87.7 Å².